The minimum Gasteiger partial charge on any atom is -0.385 e. The maximum Gasteiger partial charge on any atom is 0.0406 e. The van der Waals surface area contributed by atoms with Crippen LogP contribution in [0, 0.1) is 5.92 Å². The first-order valence-corrected chi connectivity index (χ1v) is 10.2. The smallest absolute Gasteiger partial charge is 0.0406 e. The van der Waals surface area contributed by atoms with E-state index in [2.05, 4.69) is 66.5 Å². The maximum atomic E-state index is 6.08. The molecule has 1 saturated heterocycles. The summed E-state index contributed by atoms with van der Waals surface area (Å²) in [5.41, 5.74) is 2.80. The zero-order chi connectivity index (χ0) is 18.4. The number of benzene rings is 2. The molecule has 2 aromatic rings. The molecule has 0 saturated carbocycles. The van der Waals surface area contributed by atoms with Crippen LogP contribution in [0.25, 0.3) is 0 Å². The molecule has 1 heterocycles. The average molecular weight is 371 g/mol. The lowest BCUT2D eigenvalue weighted by Crippen LogP contribution is -2.45. The summed E-state index contributed by atoms with van der Waals surface area (Å²) in [4.78, 5) is 2.67. The third kappa shape index (κ3) is 5.02. The molecule has 26 heavy (non-hydrogen) atoms. The molecule has 3 rings (SSSR count). The number of nitrogens with one attached hydrogen (secondary N) is 1. The number of para-hydroxylation sites is 1. The van der Waals surface area contributed by atoms with E-state index >= 15 is 0 Å². The van der Waals surface area contributed by atoms with E-state index in [0.717, 1.165) is 30.5 Å². The quantitative estimate of drug-likeness (QED) is 0.659. The number of rotatable bonds is 7. The van der Waals surface area contributed by atoms with Crippen molar-refractivity contribution in [3.63, 3.8) is 0 Å². The summed E-state index contributed by atoms with van der Waals surface area (Å²) in [6, 6.07) is 19.0. The molecule has 0 bridgehead atoms. The van der Waals surface area contributed by atoms with E-state index in [1.165, 1.54) is 37.2 Å². The molecular formula is C23H31ClN2. The van der Waals surface area contributed by atoms with E-state index < -0.39 is 0 Å². The summed E-state index contributed by atoms with van der Waals surface area (Å²) in [7, 11) is 0. The van der Waals surface area contributed by atoms with Gasteiger partial charge >= 0.3 is 0 Å². The minimum absolute atomic E-state index is 0.180. The molecule has 3 heteroatoms. The number of piperidine rings is 1. The zero-order valence-corrected chi connectivity index (χ0v) is 16.8. The fraction of sp³-hybridized carbons (Fsp3) is 0.478. The summed E-state index contributed by atoms with van der Waals surface area (Å²) in [6.07, 6.45) is 3.75. The van der Waals surface area contributed by atoms with E-state index in [0.29, 0.717) is 0 Å². The van der Waals surface area contributed by atoms with Crippen LogP contribution >= 0.6 is 11.6 Å². The van der Waals surface area contributed by atoms with E-state index in [1.54, 1.807) is 0 Å². The molecular weight excluding hydrogens is 340 g/mol. The Morgan fingerprint density at radius 1 is 1.12 bits per heavy atom. The fourth-order valence-electron chi connectivity index (χ4n) is 4.03. The SMILES string of the molecule is CCC(C)(CN1CCCC(CNc2ccccc2)C1)c1ccc(Cl)cc1. The van der Waals surface area contributed by atoms with Gasteiger partial charge in [0, 0.05) is 35.8 Å². The molecule has 1 aliphatic heterocycles. The molecule has 0 aromatic heterocycles. The Balaban J connectivity index is 1.58. The molecule has 0 spiro atoms. The molecule has 2 aromatic carbocycles. The van der Waals surface area contributed by atoms with Gasteiger partial charge in [0.05, 0.1) is 0 Å². The van der Waals surface area contributed by atoms with Crippen LogP contribution in [-0.2, 0) is 5.41 Å². The van der Waals surface area contributed by atoms with Crippen LogP contribution in [0.4, 0.5) is 5.69 Å². The molecule has 2 nitrogen and oxygen atoms in total. The van der Waals surface area contributed by atoms with Crippen molar-refractivity contribution < 1.29 is 0 Å². The van der Waals surface area contributed by atoms with E-state index in [-0.39, 0.29) is 5.41 Å². The highest BCUT2D eigenvalue weighted by atomic mass is 35.5. The highest BCUT2D eigenvalue weighted by molar-refractivity contribution is 6.30. The van der Waals surface area contributed by atoms with Gasteiger partial charge in [0.2, 0.25) is 0 Å². The average Bonchev–Trinajstić information content (AvgIpc) is 2.68. The van der Waals surface area contributed by atoms with Gasteiger partial charge in [0.15, 0.2) is 0 Å². The minimum atomic E-state index is 0.180. The van der Waals surface area contributed by atoms with Crippen molar-refractivity contribution in [3.05, 3.63) is 65.2 Å². The summed E-state index contributed by atoms with van der Waals surface area (Å²) in [5, 5.41) is 4.43. The van der Waals surface area contributed by atoms with Gasteiger partial charge in [0.1, 0.15) is 0 Å². The van der Waals surface area contributed by atoms with Gasteiger partial charge in [-0.05, 0) is 61.6 Å². The van der Waals surface area contributed by atoms with Gasteiger partial charge in [-0.3, -0.25) is 0 Å². The highest BCUT2D eigenvalue weighted by Gasteiger charge is 2.30. The Kier molecular flexibility index (Phi) is 6.61. The van der Waals surface area contributed by atoms with Crippen molar-refractivity contribution in [2.24, 2.45) is 5.92 Å². The molecule has 1 fully saturated rings. The third-order valence-corrected chi connectivity index (χ3v) is 6.12. The van der Waals surface area contributed by atoms with Crippen LogP contribution in [0.3, 0.4) is 0 Å². The largest absolute Gasteiger partial charge is 0.385 e. The summed E-state index contributed by atoms with van der Waals surface area (Å²) in [6.45, 7) is 9.26. The second-order valence-corrected chi connectivity index (χ2v) is 8.35. The van der Waals surface area contributed by atoms with Crippen molar-refractivity contribution in [2.75, 3.05) is 31.5 Å². The molecule has 0 aliphatic carbocycles. The van der Waals surface area contributed by atoms with Crippen LogP contribution < -0.4 is 5.32 Å². The number of anilines is 1. The fourth-order valence-corrected chi connectivity index (χ4v) is 4.16. The van der Waals surface area contributed by atoms with Crippen LogP contribution in [0.15, 0.2) is 54.6 Å². The lowest BCUT2D eigenvalue weighted by atomic mass is 9.79. The number of hydrogen-bond acceptors (Lipinski definition) is 2. The number of nitrogens with zero attached hydrogens (tertiary/aromatic N) is 1. The Bertz CT molecular complexity index is 670. The number of hydrogen-bond donors (Lipinski definition) is 1. The lowest BCUT2D eigenvalue weighted by Gasteiger charge is -2.40. The van der Waals surface area contributed by atoms with Crippen LogP contribution in [0.2, 0.25) is 5.02 Å². The van der Waals surface area contributed by atoms with Crippen molar-refractivity contribution in [1.82, 2.24) is 4.90 Å². The van der Waals surface area contributed by atoms with Crippen molar-refractivity contribution in [2.45, 2.75) is 38.5 Å². The Labute approximate surface area is 163 Å². The van der Waals surface area contributed by atoms with Crippen LogP contribution in [0.1, 0.15) is 38.7 Å². The van der Waals surface area contributed by atoms with Crippen molar-refractivity contribution in [3.8, 4) is 0 Å². The first kappa shape index (κ1) is 19.3. The van der Waals surface area contributed by atoms with Gasteiger partial charge < -0.3 is 10.2 Å². The van der Waals surface area contributed by atoms with E-state index in [1.807, 2.05) is 12.1 Å². The molecule has 0 radical (unpaired) electrons. The maximum absolute atomic E-state index is 6.08. The number of halogens is 1. The zero-order valence-electron chi connectivity index (χ0n) is 16.0. The second-order valence-electron chi connectivity index (χ2n) is 7.91. The normalized spacial score (nSPS) is 20.5. The standard InChI is InChI=1S/C23H31ClN2/c1-3-23(2,20-11-13-21(24)14-12-20)18-26-15-7-8-19(17-26)16-25-22-9-5-4-6-10-22/h4-6,9-14,19,25H,3,7-8,15-18H2,1-2H3. The van der Waals surface area contributed by atoms with Gasteiger partial charge in [-0.2, -0.15) is 0 Å². The molecule has 2 unspecified atom stereocenters. The van der Waals surface area contributed by atoms with Crippen molar-refractivity contribution in [1.29, 1.82) is 0 Å². The molecule has 0 amide bonds. The summed E-state index contributed by atoms with van der Waals surface area (Å²) < 4.78 is 0. The molecule has 140 valence electrons. The predicted octanol–water partition coefficient (Wildman–Crippen LogP) is 5.83. The third-order valence-electron chi connectivity index (χ3n) is 5.87. The highest BCUT2D eigenvalue weighted by Crippen LogP contribution is 2.31. The first-order valence-electron chi connectivity index (χ1n) is 9.86. The van der Waals surface area contributed by atoms with Gasteiger partial charge in [-0.25, -0.2) is 0 Å². The second kappa shape index (κ2) is 8.92. The monoisotopic (exact) mass is 370 g/mol. The van der Waals surface area contributed by atoms with Crippen LogP contribution in [0.5, 0.6) is 0 Å². The van der Waals surface area contributed by atoms with E-state index in [9.17, 15) is 0 Å². The molecule has 1 aliphatic rings. The Hall–Kier alpha value is -1.51. The van der Waals surface area contributed by atoms with Crippen LogP contribution in [-0.4, -0.2) is 31.1 Å². The van der Waals surface area contributed by atoms with Gasteiger partial charge in [0.25, 0.3) is 0 Å². The molecule has 2 atom stereocenters. The first-order chi connectivity index (χ1) is 12.6. The summed E-state index contributed by atoms with van der Waals surface area (Å²) in [5.74, 6) is 0.718. The Morgan fingerprint density at radius 3 is 2.54 bits per heavy atom. The predicted molar refractivity (Wildman–Crippen MR) is 113 cm³/mol. The van der Waals surface area contributed by atoms with Gasteiger partial charge in [-0.15, -0.1) is 0 Å². The van der Waals surface area contributed by atoms with Crippen molar-refractivity contribution >= 4 is 17.3 Å². The Morgan fingerprint density at radius 2 is 1.85 bits per heavy atom. The number of likely N-dealkylation sites (tertiary alicyclic amines) is 1. The topological polar surface area (TPSA) is 15.3 Å². The molecule has 1 N–H and O–H groups in total. The lowest BCUT2D eigenvalue weighted by molar-refractivity contribution is 0.145. The van der Waals surface area contributed by atoms with Gasteiger partial charge in [-0.1, -0.05) is 55.8 Å². The van der Waals surface area contributed by atoms with E-state index in [4.69, 9.17) is 11.6 Å². The summed E-state index contributed by atoms with van der Waals surface area (Å²) >= 11 is 6.08.